The Kier molecular flexibility index (Phi) is 2.73. The lowest BCUT2D eigenvalue weighted by molar-refractivity contribution is 0.163. The summed E-state index contributed by atoms with van der Waals surface area (Å²) in [7, 11) is 0. The van der Waals surface area contributed by atoms with Gasteiger partial charge in [0.05, 0.1) is 4.90 Å². The van der Waals surface area contributed by atoms with Gasteiger partial charge in [0.1, 0.15) is 6.33 Å². The Hall–Kier alpha value is -1.75. The fraction of sp³-hybridized carbons (Fsp3) is 0. The van der Waals surface area contributed by atoms with Crippen LogP contribution in [-0.4, -0.2) is 14.9 Å². The number of aromatic nitrogens is 2. The zero-order valence-corrected chi connectivity index (χ0v) is 8.61. The Balaban J connectivity index is 2.33. The molecule has 0 spiro atoms. The van der Waals surface area contributed by atoms with E-state index in [1.807, 2.05) is 30.3 Å². The van der Waals surface area contributed by atoms with Crippen LogP contribution < -0.4 is 5.49 Å². The zero-order chi connectivity index (χ0) is 10.7. The molecule has 0 bridgehead atoms. The summed E-state index contributed by atoms with van der Waals surface area (Å²) < 4.78 is 0.700. The maximum absolute atomic E-state index is 9.23. The van der Waals surface area contributed by atoms with E-state index >= 15 is 0 Å². The second kappa shape index (κ2) is 4.18. The summed E-state index contributed by atoms with van der Waals surface area (Å²) in [4.78, 5) is 5.44. The Morgan fingerprint density at radius 3 is 2.73 bits per heavy atom. The first-order valence-corrected chi connectivity index (χ1v) is 5.12. The highest BCUT2D eigenvalue weighted by atomic mass is 32.2. The van der Waals surface area contributed by atoms with Crippen LogP contribution in [0, 0.1) is 5.41 Å². The molecule has 4 nitrogen and oxygen atoms in total. The monoisotopic (exact) mass is 219 g/mol. The molecule has 0 saturated carbocycles. The summed E-state index contributed by atoms with van der Waals surface area (Å²) >= 11 is 1.40. The molecule has 0 aliphatic rings. The van der Waals surface area contributed by atoms with Gasteiger partial charge in [0, 0.05) is 11.1 Å². The molecule has 0 radical (unpaired) electrons. The third-order valence-corrected chi connectivity index (χ3v) is 2.83. The van der Waals surface area contributed by atoms with Crippen molar-refractivity contribution >= 4 is 11.8 Å². The lowest BCUT2D eigenvalue weighted by Crippen LogP contribution is -2.19. The highest BCUT2D eigenvalue weighted by molar-refractivity contribution is 7.99. The van der Waals surface area contributed by atoms with Gasteiger partial charge in [-0.2, -0.15) is 4.73 Å². The largest absolute Gasteiger partial charge is 0.425 e. The maximum Gasteiger partial charge on any atom is 0.178 e. The molecule has 0 amide bonds. The zero-order valence-electron chi connectivity index (χ0n) is 7.79. The van der Waals surface area contributed by atoms with Gasteiger partial charge < -0.3 is 5.21 Å². The third-order valence-electron chi connectivity index (χ3n) is 1.80. The Morgan fingerprint density at radius 2 is 2.00 bits per heavy atom. The van der Waals surface area contributed by atoms with Gasteiger partial charge in [0.2, 0.25) is 0 Å². The minimum Gasteiger partial charge on any atom is -0.425 e. The van der Waals surface area contributed by atoms with Crippen molar-refractivity contribution in [2.45, 2.75) is 9.79 Å². The van der Waals surface area contributed by atoms with Crippen molar-refractivity contribution in [1.82, 2.24) is 9.71 Å². The smallest absolute Gasteiger partial charge is 0.178 e. The van der Waals surface area contributed by atoms with Crippen molar-refractivity contribution in [2.75, 3.05) is 0 Å². The molecule has 1 heterocycles. The van der Waals surface area contributed by atoms with Crippen LogP contribution in [0.5, 0.6) is 0 Å². The average Bonchev–Trinajstić information content (AvgIpc) is 2.26. The van der Waals surface area contributed by atoms with Gasteiger partial charge in [0.15, 0.2) is 5.49 Å². The van der Waals surface area contributed by atoms with Gasteiger partial charge in [-0.3, -0.25) is 5.41 Å². The lowest BCUT2D eigenvalue weighted by atomic mass is 10.4. The SMILES string of the molecule is N=c1c(Sc2ccccc2)cncn1O. The van der Waals surface area contributed by atoms with Crippen LogP contribution >= 0.6 is 11.8 Å². The van der Waals surface area contributed by atoms with Crippen LogP contribution in [0.2, 0.25) is 0 Å². The molecule has 0 unspecified atom stereocenters. The second-order valence-electron chi connectivity index (χ2n) is 2.87. The van der Waals surface area contributed by atoms with E-state index in [1.54, 1.807) is 6.20 Å². The summed E-state index contributed by atoms with van der Waals surface area (Å²) in [5.74, 6) is 0. The molecule has 2 rings (SSSR count). The van der Waals surface area contributed by atoms with Crippen LogP contribution in [-0.2, 0) is 0 Å². The van der Waals surface area contributed by atoms with Crippen LogP contribution in [0.1, 0.15) is 0 Å². The molecule has 2 aromatic rings. The highest BCUT2D eigenvalue weighted by Crippen LogP contribution is 2.23. The molecule has 76 valence electrons. The van der Waals surface area contributed by atoms with Crippen LogP contribution in [0.25, 0.3) is 0 Å². The number of rotatable bonds is 2. The fourth-order valence-corrected chi connectivity index (χ4v) is 1.94. The predicted octanol–water partition coefficient (Wildman–Crippen LogP) is 1.75. The van der Waals surface area contributed by atoms with E-state index < -0.39 is 0 Å². The summed E-state index contributed by atoms with van der Waals surface area (Å²) in [5.41, 5.74) is 0.0406. The number of benzene rings is 1. The van der Waals surface area contributed by atoms with Crippen LogP contribution in [0.3, 0.4) is 0 Å². The second-order valence-corrected chi connectivity index (χ2v) is 3.98. The summed E-state index contributed by atoms with van der Waals surface area (Å²) in [6.45, 7) is 0. The minimum absolute atomic E-state index is 0.0406. The van der Waals surface area contributed by atoms with Gasteiger partial charge >= 0.3 is 0 Å². The highest BCUT2D eigenvalue weighted by Gasteiger charge is 2.01. The van der Waals surface area contributed by atoms with E-state index in [0.29, 0.717) is 9.63 Å². The molecule has 1 aromatic heterocycles. The molecule has 0 atom stereocenters. The van der Waals surface area contributed by atoms with E-state index in [0.717, 1.165) is 4.90 Å². The number of nitrogens with one attached hydrogen (secondary N) is 1. The standard InChI is InChI=1S/C10H9N3OS/c11-10-9(6-12-7-13(10)14)15-8-4-2-1-3-5-8/h1-7,11,14H. The van der Waals surface area contributed by atoms with E-state index in [-0.39, 0.29) is 5.49 Å². The maximum atomic E-state index is 9.23. The first-order chi connectivity index (χ1) is 7.27. The molecule has 1 aromatic carbocycles. The number of hydrogen-bond donors (Lipinski definition) is 2. The van der Waals surface area contributed by atoms with Gasteiger partial charge in [-0.05, 0) is 12.1 Å². The number of hydrogen-bond acceptors (Lipinski definition) is 4. The summed E-state index contributed by atoms with van der Waals surface area (Å²) in [6.07, 6.45) is 2.75. The summed E-state index contributed by atoms with van der Waals surface area (Å²) in [5, 5.41) is 16.8. The van der Waals surface area contributed by atoms with Gasteiger partial charge in [-0.1, -0.05) is 30.0 Å². The molecule has 0 aliphatic heterocycles. The molecule has 0 fully saturated rings. The molecule has 2 N–H and O–H groups in total. The van der Waals surface area contributed by atoms with Crippen molar-refractivity contribution in [3.63, 3.8) is 0 Å². The minimum atomic E-state index is 0.0406. The van der Waals surface area contributed by atoms with Crippen molar-refractivity contribution in [3.8, 4) is 0 Å². The topological polar surface area (TPSA) is 61.9 Å². The Bertz CT molecular complexity index is 510. The first-order valence-electron chi connectivity index (χ1n) is 4.31. The molecule has 5 heteroatoms. The lowest BCUT2D eigenvalue weighted by Gasteiger charge is -2.02. The Morgan fingerprint density at radius 1 is 1.27 bits per heavy atom. The van der Waals surface area contributed by atoms with E-state index in [2.05, 4.69) is 4.98 Å². The quantitative estimate of drug-likeness (QED) is 0.756. The normalized spacial score (nSPS) is 10.1. The van der Waals surface area contributed by atoms with Crippen molar-refractivity contribution in [2.24, 2.45) is 0 Å². The number of nitrogens with zero attached hydrogens (tertiary/aromatic N) is 2. The predicted molar refractivity (Wildman–Crippen MR) is 55.8 cm³/mol. The molecule has 0 aliphatic carbocycles. The van der Waals surface area contributed by atoms with E-state index in [9.17, 15) is 5.21 Å². The van der Waals surface area contributed by atoms with E-state index in [1.165, 1.54) is 18.1 Å². The van der Waals surface area contributed by atoms with Crippen molar-refractivity contribution in [3.05, 3.63) is 48.3 Å². The van der Waals surface area contributed by atoms with Crippen LogP contribution in [0.4, 0.5) is 0 Å². The first kappa shape index (κ1) is 9.79. The van der Waals surface area contributed by atoms with Crippen molar-refractivity contribution < 1.29 is 5.21 Å². The summed E-state index contributed by atoms with van der Waals surface area (Å²) in [6, 6.07) is 9.67. The van der Waals surface area contributed by atoms with Gasteiger partial charge in [-0.25, -0.2) is 4.98 Å². The molecule has 15 heavy (non-hydrogen) atoms. The van der Waals surface area contributed by atoms with Gasteiger partial charge in [0.25, 0.3) is 0 Å². The van der Waals surface area contributed by atoms with Crippen LogP contribution in [0.15, 0.2) is 52.6 Å². The van der Waals surface area contributed by atoms with Crippen molar-refractivity contribution in [1.29, 1.82) is 5.41 Å². The fourth-order valence-electron chi connectivity index (χ4n) is 1.09. The molecule has 0 saturated heterocycles. The van der Waals surface area contributed by atoms with Gasteiger partial charge in [-0.15, -0.1) is 0 Å². The molecular weight excluding hydrogens is 210 g/mol. The Labute approximate surface area is 90.7 Å². The molecular formula is C10H9N3OS. The average molecular weight is 219 g/mol. The third kappa shape index (κ3) is 2.19. The van der Waals surface area contributed by atoms with E-state index in [4.69, 9.17) is 5.41 Å².